The van der Waals surface area contributed by atoms with Gasteiger partial charge in [-0.1, -0.05) is 19.1 Å². The molecule has 0 atom stereocenters. The molecule has 0 saturated carbocycles. The fourth-order valence-electron chi connectivity index (χ4n) is 3.80. The minimum atomic E-state index is -0.431. The number of aromatic amines is 1. The maximum absolute atomic E-state index is 13.0. The Morgan fingerprint density at radius 1 is 0.971 bits per heavy atom. The minimum Gasteiger partial charge on any atom is -0.321 e. The predicted octanol–water partition coefficient (Wildman–Crippen LogP) is 3.48. The van der Waals surface area contributed by atoms with E-state index in [9.17, 15) is 14.4 Å². The molecule has 0 bridgehead atoms. The van der Waals surface area contributed by atoms with Gasteiger partial charge in [0.05, 0.1) is 23.4 Å². The Bertz CT molecular complexity index is 1410. The van der Waals surface area contributed by atoms with E-state index in [2.05, 4.69) is 25.5 Å². The standard InChI is InChI=1S/C25H20N6O3/c1-2-21-28-22(30-29-21)18-5-3-4-6-20(18)27-23(32)16-7-8-17-19(13-16)25(34)31(24(17)33)14-15-9-11-26-12-10-15/h3-13H,2,14H2,1H3,(H,27,32)(H,28,29,30). The number of carbonyl (C=O) groups is 3. The smallest absolute Gasteiger partial charge is 0.261 e. The number of imide groups is 1. The van der Waals surface area contributed by atoms with Gasteiger partial charge in [0.1, 0.15) is 5.82 Å². The van der Waals surface area contributed by atoms with E-state index in [1.807, 2.05) is 19.1 Å². The molecule has 1 aliphatic rings. The number of H-pyrrole nitrogens is 1. The van der Waals surface area contributed by atoms with Gasteiger partial charge in [-0.25, -0.2) is 4.98 Å². The maximum Gasteiger partial charge on any atom is 0.261 e. The molecule has 3 amide bonds. The highest BCUT2D eigenvalue weighted by atomic mass is 16.2. The van der Waals surface area contributed by atoms with Crippen LogP contribution in [-0.4, -0.2) is 42.8 Å². The van der Waals surface area contributed by atoms with Gasteiger partial charge >= 0.3 is 0 Å². The first kappa shape index (κ1) is 21.2. The summed E-state index contributed by atoms with van der Waals surface area (Å²) in [7, 11) is 0. The van der Waals surface area contributed by atoms with Crippen LogP contribution in [-0.2, 0) is 13.0 Å². The number of amides is 3. The van der Waals surface area contributed by atoms with Crippen molar-refractivity contribution in [2.45, 2.75) is 19.9 Å². The van der Waals surface area contributed by atoms with Crippen LogP contribution in [0.15, 0.2) is 67.0 Å². The van der Waals surface area contributed by atoms with Gasteiger partial charge in [-0.05, 0) is 48.0 Å². The van der Waals surface area contributed by atoms with Crippen molar-refractivity contribution in [3.63, 3.8) is 0 Å². The van der Waals surface area contributed by atoms with Crippen LogP contribution < -0.4 is 5.32 Å². The second-order valence-corrected chi connectivity index (χ2v) is 7.77. The Morgan fingerprint density at radius 3 is 2.50 bits per heavy atom. The van der Waals surface area contributed by atoms with Crippen LogP contribution in [0.2, 0.25) is 0 Å². The van der Waals surface area contributed by atoms with Gasteiger partial charge < -0.3 is 5.32 Å². The van der Waals surface area contributed by atoms with E-state index in [4.69, 9.17) is 0 Å². The molecule has 9 nitrogen and oxygen atoms in total. The third kappa shape index (κ3) is 3.83. The van der Waals surface area contributed by atoms with Crippen molar-refractivity contribution < 1.29 is 14.4 Å². The van der Waals surface area contributed by atoms with E-state index in [-0.39, 0.29) is 29.1 Å². The second kappa shape index (κ2) is 8.70. The summed E-state index contributed by atoms with van der Waals surface area (Å²) in [6.07, 6.45) is 3.92. The summed E-state index contributed by atoms with van der Waals surface area (Å²) in [5.74, 6) is 0.00273. The average molecular weight is 452 g/mol. The molecular weight excluding hydrogens is 432 g/mol. The van der Waals surface area contributed by atoms with Crippen molar-refractivity contribution in [1.29, 1.82) is 0 Å². The number of carbonyl (C=O) groups excluding carboxylic acids is 3. The zero-order valence-electron chi connectivity index (χ0n) is 18.3. The van der Waals surface area contributed by atoms with E-state index < -0.39 is 11.8 Å². The lowest BCUT2D eigenvalue weighted by molar-refractivity contribution is 0.0642. The number of nitrogens with zero attached hydrogens (tertiary/aromatic N) is 4. The molecule has 0 fully saturated rings. The highest BCUT2D eigenvalue weighted by molar-refractivity contribution is 6.22. The molecule has 0 spiro atoms. The number of rotatable bonds is 6. The fraction of sp³-hybridized carbons (Fsp3) is 0.120. The highest BCUT2D eigenvalue weighted by Crippen LogP contribution is 2.28. The van der Waals surface area contributed by atoms with Gasteiger partial charge in [-0.3, -0.25) is 29.4 Å². The molecule has 4 aromatic rings. The summed E-state index contributed by atoms with van der Waals surface area (Å²) in [4.78, 5) is 48.3. The van der Waals surface area contributed by atoms with E-state index in [1.54, 1.807) is 42.7 Å². The monoisotopic (exact) mass is 452 g/mol. The van der Waals surface area contributed by atoms with Crippen LogP contribution in [0.1, 0.15) is 49.4 Å². The van der Waals surface area contributed by atoms with Crippen molar-refractivity contribution in [1.82, 2.24) is 25.1 Å². The van der Waals surface area contributed by atoms with Crippen LogP contribution in [0.3, 0.4) is 0 Å². The largest absolute Gasteiger partial charge is 0.321 e. The first-order valence-corrected chi connectivity index (χ1v) is 10.8. The second-order valence-electron chi connectivity index (χ2n) is 7.77. The van der Waals surface area contributed by atoms with Crippen LogP contribution in [0.4, 0.5) is 5.69 Å². The first-order chi connectivity index (χ1) is 16.5. The Kier molecular flexibility index (Phi) is 5.43. The number of hydrogen-bond acceptors (Lipinski definition) is 6. The maximum atomic E-state index is 13.0. The summed E-state index contributed by atoms with van der Waals surface area (Å²) in [6.45, 7) is 2.11. The molecule has 34 heavy (non-hydrogen) atoms. The minimum absolute atomic E-state index is 0.139. The van der Waals surface area contributed by atoms with Crippen molar-refractivity contribution in [2.24, 2.45) is 0 Å². The normalized spacial score (nSPS) is 12.7. The van der Waals surface area contributed by atoms with Gasteiger partial charge in [0.25, 0.3) is 17.7 Å². The number of aromatic nitrogens is 4. The fourth-order valence-corrected chi connectivity index (χ4v) is 3.80. The van der Waals surface area contributed by atoms with E-state index >= 15 is 0 Å². The van der Waals surface area contributed by atoms with Crippen LogP contribution in [0.25, 0.3) is 11.4 Å². The lowest BCUT2D eigenvalue weighted by atomic mass is 10.0. The molecule has 2 aromatic carbocycles. The van der Waals surface area contributed by atoms with Crippen molar-refractivity contribution in [2.75, 3.05) is 5.32 Å². The predicted molar refractivity (Wildman–Crippen MR) is 124 cm³/mol. The zero-order chi connectivity index (χ0) is 23.7. The summed E-state index contributed by atoms with van der Waals surface area (Å²) in [5.41, 5.74) is 2.76. The molecule has 2 N–H and O–H groups in total. The van der Waals surface area contributed by atoms with E-state index in [0.717, 1.165) is 11.4 Å². The first-order valence-electron chi connectivity index (χ1n) is 10.8. The molecule has 0 radical (unpaired) electrons. The lowest BCUT2D eigenvalue weighted by Crippen LogP contribution is -2.29. The topological polar surface area (TPSA) is 121 Å². The summed E-state index contributed by atoms with van der Waals surface area (Å²) in [6, 6.07) is 15.2. The number of nitrogens with one attached hydrogen (secondary N) is 2. The van der Waals surface area contributed by atoms with Gasteiger partial charge in [0.2, 0.25) is 0 Å². The molecule has 5 rings (SSSR count). The van der Waals surface area contributed by atoms with Crippen molar-refractivity contribution in [3.05, 3.63) is 95.1 Å². The van der Waals surface area contributed by atoms with Crippen molar-refractivity contribution >= 4 is 23.4 Å². The number of fused-ring (bicyclic) bond motifs is 1. The Labute approximate surface area is 194 Å². The van der Waals surface area contributed by atoms with Crippen LogP contribution in [0, 0.1) is 0 Å². The quantitative estimate of drug-likeness (QED) is 0.432. The molecule has 9 heteroatoms. The van der Waals surface area contributed by atoms with E-state index in [0.29, 0.717) is 23.5 Å². The summed E-state index contributed by atoms with van der Waals surface area (Å²) in [5, 5.41) is 9.97. The van der Waals surface area contributed by atoms with Crippen LogP contribution >= 0.6 is 0 Å². The Hall–Kier alpha value is -4.66. The van der Waals surface area contributed by atoms with Crippen molar-refractivity contribution in [3.8, 4) is 11.4 Å². The summed E-state index contributed by atoms with van der Waals surface area (Å²) >= 11 is 0. The number of anilines is 1. The lowest BCUT2D eigenvalue weighted by Gasteiger charge is -2.13. The Balaban J connectivity index is 1.39. The van der Waals surface area contributed by atoms with Gasteiger partial charge in [0, 0.05) is 29.9 Å². The number of aryl methyl sites for hydroxylation is 1. The molecule has 0 aliphatic carbocycles. The third-order valence-electron chi connectivity index (χ3n) is 5.61. The number of hydrogen-bond donors (Lipinski definition) is 2. The molecule has 0 unspecified atom stereocenters. The van der Waals surface area contributed by atoms with E-state index in [1.165, 1.54) is 17.0 Å². The number of benzene rings is 2. The SMILES string of the molecule is CCc1nc(-c2ccccc2NC(=O)c2ccc3c(c2)C(=O)N(Cc2ccncc2)C3=O)n[nH]1. The molecule has 0 saturated heterocycles. The zero-order valence-corrected chi connectivity index (χ0v) is 18.3. The number of para-hydroxylation sites is 1. The van der Waals surface area contributed by atoms with Crippen LogP contribution in [0.5, 0.6) is 0 Å². The molecular formula is C25H20N6O3. The molecule has 168 valence electrons. The van der Waals surface area contributed by atoms with Gasteiger partial charge in [0.15, 0.2) is 5.82 Å². The van der Waals surface area contributed by atoms with Gasteiger partial charge in [-0.2, -0.15) is 5.10 Å². The van der Waals surface area contributed by atoms with Gasteiger partial charge in [-0.15, -0.1) is 0 Å². The molecule has 2 aromatic heterocycles. The molecule has 1 aliphatic heterocycles. The number of pyridine rings is 1. The average Bonchev–Trinajstić information content (AvgIpc) is 3.44. The third-order valence-corrected chi connectivity index (χ3v) is 5.61. The molecule has 3 heterocycles. The summed E-state index contributed by atoms with van der Waals surface area (Å²) < 4.78 is 0. The highest BCUT2D eigenvalue weighted by Gasteiger charge is 2.36. The Morgan fingerprint density at radius 2 is 1.74 bits per heavy atom.